The summed E-state index contributed by atoms with van der Waals surface area (Å²) in [6.45, 7) is 2.48. The fraction of sp³-hybridized carbons (Fsp3) is 0.190. The second-order valence-corrected chi connectivity index (χ2v) is 6.82. The number of hydrogen-bond donors (Lipinski definition) is 3. The van der Waals surface area contributed by atoms with Crippen molar-refractivity contribution in [2.24, 2.45) is 5.73 Å². The standard InChI is InChI=1S/C21H21ClN4O4/c1-3-7-26-21(28)11-4-5-16(19(23)18(11)22)30-15-6-8-25-14-10-17(29-2)13(20(24)27)9-12(14)15/h4-6,8-10H,3,7,23H2,1-2H3,(H2,24,27)(H,26,28). The second kappa shape index (κ2) is 8.87. The van der Waals surface area contributed by atoms with Gasteiger partial charge in [-0.05, 0) is 30.7 Å². The molecule has 0 bridgehead atoms. The van der Waals surface area contributed by atoms with Crippen molar-refractivity contribution in [1.29, 1.82) is 0 Å². The largest absolute Gasteiger partial charge is 0.496 e. The van der Waals surface area contributed by atoms with E-state index in [0.717, 1.165) is 6.42 Å². The number of primary amides is 1. The van der Waals surface area contributed by atoms with Gasteiger partial charge < -0.3 is 26.3 Å². The van der Waals surface area contributed by atoms with Crippen molar-refractivity contribution in [2.45, 2.75) is 13.3 Å². The van der Waals surface area contributed by atoms with Gasteiger partial charge in [0.15, 0.2) is 5.75 Å². The molecule has 2 aromatic carbocycles. The smallest absolute Gasteiger partial charge is 0.252 e. The van der Waals surface area contributed by atoms with Gasteiger partial charge in [0.2, 0.25) is 0 Å². The van der Waals surface area contributed by atoms with E-state index in [1.807, 2.05) is 6.92 Å². The van der Waals surface area contributed by atoms with Crippen LogP contribution >= 0.6 is 11.6 Å². The molecule has 0 spiro atoms. The molecule has 0 aliphatic heterocycles. The number of rotatable bonds is 7. The van der Waals surface area contributed by atoms with E-state index >= 15 is 0 Å². The Morgan fingerprint density at radius 2 is 1.90 bits per heavy atom. The Morgan fingerprint density at radius 1 is 1.13 bits per heavy atom. The molecule has 0 saturated carbocycles. The number of fused-ring (bicyclic) bond motifs is 1. The molecule has 0 aliphatic carbocycles. The second-order valence-electron chi connectivity index (χ2n) is 6.44. The number of anilines is 1. The molecule has 3 aromatic rings. The number of carbonyl (C=O) groups is 2. The van der Waals surface area contributed by atoms with Crippen LogP contribution in [0.25, 0.3) is 10.9 Å². The number of methoxy groups -OCH3 is 1. The van der Waals surface area contributed by atoms with Gasteiger partial charge in [0.25, 0.3) is 11.8 Å². The Kier molecular flexibility index (Phi) is 6.27. The minimum atomic E-state index is -0.645. The number of ether oxygens (including phenoxy) is 2. The van der Waals surface area contributed by atoms with Gasteiger partial charge in [0, 0.05) is 24.2 Å². The van der Waals surface area contributed by atoms with Crippen LogP contribution in [0.15, 0.2) is 36.5 Å². The summed E-state index contributed by atoms with van der Waals surface area (Å²) in [7, 11) is 1.44. The number of nitrogens with one attached hydrogen (secondary N) is 1. The van der Waals surface area contributed by atoms with Crippen molar-refractivity contribution in [2.75, 3.05) is 19.4 Å². The molecule has 1 aromatic heterocycles. The molecule has 3 rings (SSSR count). The van der Waals surface area contributed by atoms with Crippen LogP contribution in [0.4, 0.5) is 5.69 Å². The lowest BCUT2D eigenvalue weighted by Crippen LogP contribution is -2.24. The van der Waals surface area contributed by atoms with E-state index in [9.17, 15) is 9.59 Å². The highest BCUT2D eigenvalue weighted by Crippen LogP contribution is 2.38. The molecule has 2 amide bonds. The summed E-state index contributed by atoms with van der Waals surface area (Å²) in [5.41, 5.74) is 12.7. The van der Waals surface area contributed by atoms with Crippen molar-refractivity contribution < 1.29 is 19.1 Å². The highest BCUT2D eigenvalue weighted by Gasteiger charge is 2.18. The quantitative estimate of drug-likeness (QED) is 0.494. The average Bonchev–Trinajstić information content (AvgIpc) is 2.74. The van der Waals surface area contributed by atoms with E-state index in [1.54, 1.807) is 36.5 Å². The summed E-state index contributed by atoms with van der Waals surface area (Å²) in [5.74, 6) is -0.00189. The number of halogens is 1. The number of hydrogen-bond acceptors (Lipinski definition) is 6. The third-order valence-electron chi connectivity index (χ3n) is 4.43. The Balaban J connectivity index is 2.02. The van der Waals surface area contributed by atoms with E-state index in [-0.39, 0.29) is 33.5 Å². The number of aromatic nitrogens is 1. The van der Waals surface area contributed by atoms with Crippen LogP contribution < -0.4 is 26.3 Å². The highest BCUT2D eigenvalue weighted by atomic mass is 35.5. The van der Waals surface area contributed by atoms with Crippen LogP contribution in [0.2, 0.25) is 5.02 Å². The molecule has 30 heavy (non-hydrogen) atoms. The van der Waals surface area contributed by atoms with E-state index in [4.69, 9.17) is 32.5 Å². The van der Waals surface area contributed by atoms with E-state index in [0.29, 0.717) is 28.9 Å². The third-order valence-corrected chi connectivity index (χ3v) is 4.84. The third kappa shape index (κ3) is 4.08. The normalized spacial score (nSPS) is 10.6. The van der Waals surface area contributed by atoms with Gasteiger partial charge >= 0.3 is 0 Å². The zero-order chi connectivity index (χ0) is 21.8. The summed E-state index contributed by atoms with van der Waals surface area (Å²) in [4.78, 5) is 28.3. The van der Waals surface area contributed by atoms with E-state index < -0.39 is 5.91 Å². The van der Waals surface area contributed by atoms with Crippen molar-refractivity contribution in [3.05, 3.63) is 52.7 Å². The van der Waals surface area contributed by atoms with Crippen LogP contribution in [0.5, 0.6) is 17.2 Å². The summed E-state index contributed by atoms with van der Waals surface area (Å²) in [5, 5.41) is 3.38. The number of nitrogens with two attached hydrogens (primary N) is 2. The van der Waals surface area contributed by atoms with Crippen LogP contribution in [-0.4, -0.2) is 30.5 Å². The fourth-order valence-corrected chi connectivity index (χ4v) is 3.13. The van der Waals surface area contributed by atoms with Crippen LogP contribution in [-0.2, 0) is 0 Å². The first-order valence-electron chi connectivity index (χ1n) is 9.18. The maximum atomic E-state index is 12.2. The van der Waals surface area contributed by atoms with Crippen molar-refractivity contribution in [3.8, 4) is 17.2 Å². The molecule has 0 aliphatic rings. The van der Waals surface area contributed by atoms with E-state index in [1.165, 1.54) is 7.11 Å². The molecule has 0 atom stereocenters. The Hall–Kier alpha value is -3.52. The predicted molar refractivity (Wildman–Crippen MR) is 115 cm³/mol. The van der Waals surface area contributed by atoms with Gasteiger partial charge in [0.05, 0.1) is 34.5 Å². The molecule has 0 radical (unpaired) electrons. The lowest BCUT2D eigenvalue weighted by Gasteiger charge is -2.15. The highest BCUT2D eigenvalue weighted by molar-refractivity contribution is 6.36. The molecular weight excluding hydrogens is 408 g/mol. The molecule has 9 heteroatoms. The minimum absolute atomic E-state index is 0.0963. The van der Waals surface area contributed by atoms with Crippen LogP contribution in [0.1, 0.15) is 34.1 Å². The lowest BCUT2D eigenvalue weighted by atomic mass is 10.1. The van der Waals surface area contributed by atoms with Crippen molar-refractivity contribution >= 4 is 40.0 Å². The molecule has 156 valence electrons. The first-order valence-corrected chi connectivity index (χ1v) is 9.55. The van der Waals surface area contributed by atoms with Gasteiger partial charge in [-0.1, -0.05) is 18.5 Å². The first-order chi connectivity index (χ1) is 14.4. The van der Waals surface area contributed by atoms with Crippen molar-refractivity contribution in [1.82, 2.24) is 10.3 Å². The Bertz CT molecular complexity index is 1130. The topological polar surface area (TPSA) is 130 Å². The SMILES string of the molecule is CCCNC(=O)c1ccc(Oc2ccnc3cc(OC)c(C(N)=O)cc23)c(N)c1Cl. The van der Waals surface area contributed by atoms with Gasteiger partial charge in [-0.3, -0.25) is 14.6 Å². The average molecular weight is 429 g/mol. The maximum absolute atomic E-state index is 12.2. The predicted octanol–water partition coefficient (Wildman–Crippen LogP) is 3.51. The first kappa shape index (κ1) is 21.2. The fourth-order valence-electron chi connectivity index (χ4n) is 2.89. The van der Waals surface area contributed by atoms with Crippen LogP contribution in [0.3, 0.4) is 0 Å². The molecular formula is C21H21ClN4O4. The Morgan fingerprint density at radius 3 is 2.57 bits per heavy atom. The van der Waals surface area contributed by atoms with Crippen molar-refractivity contribution in [3.63, 3.8) is 0 Å². The molecule has 0 fully saturated rings. The molecule has 1 heterocycles. The van der Waals surface area contributed by atoms with E-state index in [2.05, 4.69) is 10.3 Å². The van der Waals surface area contributed by atoms with Gasteiger partial charge in [0.1, 0.15) is 11.5 Å². The van der Waals surface area contributed by atoms with Gasteiger partial charge in [-0.25, -0.2) is 0 Å². The number of pyridine rings is 1. The van der Waals surface area contributed by atoms with Gasteiger partial charge in [-0.2, -0.15) is 0 Å². The molecule has 5 N–H and O–H groups in total. The maximum Gasteiger partial charge on any atom is 0.252 e. The zero-order valence-corrected chi connectivity index (χ0v) is 17.2. The number of benzene rings is 2. The van der Waals surface area contributed by atoms with Crippen LogP contribution in [0, 0.1) is 0 Å². The molecule has 8 nitrogen and oxygen atoms in total. The van der Waals surface area contributed by atoms with Gasteiger partial charge in [-0.15, -0.1) is 0 Å². The monoisotopic (exact) mass is 428 g/mol. The summed E-state index contributed by atoms with van der Waals surface area (Å²) in [6.07, 6.45) is 2.35. The minimum Gasteiger partial charge on any atom is -0.496 e. The summed E-state index contributed by atoms with van der Waals surface area (Å²) >= 11 is 6.31. The number of carbonyl (C=O) groups excluding carboxylic acids is 2. The number of nitrogen functional groups attached to an aromatic ring is 1. The molecule has 0 unspecified atom stereocenters. The molecule has 0 saturated heterocycles. The number of nitrogens with zero attached hydrogens (tertiary/aromatic N) is 1. The number of amides is 2. The lowest BCUT2D eigenvalue weighted by molar-refractivity contribution is 0.0952. The summed E-state index contributed by atoms with van der Waals surface area (Å²) in [6, 6.07) is 7.87. The zero-order valence-electron chi connectivity index (χ0n) is 16.5. The summed E-state index contributed by atoms with van der Waals surface area (Å²) < 4.78 is 11.2. The Labute approximate surface area is 178 Å².